The molecule has 0 saturated carbocycles. The normalized spacial score (nSPS) is 11.9. The molecule has 1 amide bonds. The molecule has 13 nitrogen and oxygen atoms in total. The fourth-order valence-electron chi connectivity index (χ4n) is 6.31. The molecule has 0 saturated heterocycles. The minimum Gasteiger partial charge on any atom is -0.505 e. The second-order valence-electron chi connectivity index (χ2n) is 17.8. The minimum atomic E-state index is -4.02. The van der Waals surface area contributed by atoms with Crippen molar-refractivity contribution in [2.45, 2.75) is 117 Å². The molecule has 0 fully saturated rings. The van der Waals surface area contributed by atoms with Crippen molar-refractivity contribution in [3.05, 3.63) is 123 Å². The Balaban J connectivity index is 0.000000228. The van der Waals surface area contributed by atoms with E-state index in [1.807, 2.05) is 6.92 Å². The number of unbranched alkanes of at least 4 members (excludes halogenated alkanes) is 3. The molecule has 7 rings (SSSR count). The number of aryl methyl sites for hydroxylation is 4. The summed E-state index contributed by atoms with van der Waals surface area (Å²) in [6.07, 6.45) is 8.94. The predicted octanol–water partition coefficient (Wildman–Crippen LogP) is 14.2. The van der Waals surface area contributed by atoms with Gasteiger partial charge in [-0.25, -0.2) is 41.7 Å². The van der Waals surface area contributed by atoms with Crippen LogP contribution in [-0.2, 0) is 34.1 Å². The van der Waals surface area contributed by atoms with Crippen LogP contribution in [-0.4, -0.2) is 71.0 Å². The van der Waals surface area contributed by atoms with E-state index in [0.717, 1.165) is 78.4 Å². The summed E-state index contributed by atoms with van der Waals surface area (Å²) in [5, 5.41) is 14.4. The summed E-state index contributed by atoms with van der Waals surface area (Å²) in [6, 6.07) is 15.4. The molecule has 3 aromatic heterocycles. The maximum Gasteiger partial charge on any atom is 0.407 e. The van der Waals surface area contributed by atoms with Crippen LogP contribution >= 0.6 is 34.0 Å². The van der Waals surface area contributed by atoms with E-state index in [1.165, 1.54) is 64.3 Å². The van der Waals surface area contributed by atoms with Gasteiger partial charge in [-0.15, -0.1) is 34.0 Å². The number of halogens is 5. The number of carbonyl (C=O) groups excluding carboxylic acids is 1. The molecule has 22 heteroatoms. The third-order valence-electron chi connectivity index (χ3n) is 10.3. The van der Waals surface area contributed by atoms with Gasteiger partial charge in [-0.3, -0.25) is 4.55 Å². The summed E-state index contributed by atoms with van der Waals surface area (Å²) in [6.45, 7) is 13.0. The van der Waals surface area contributed by atoms with Crippen molar-refractivity contribution in [2.24, 2.45) is 5.73 Å². The van der Waals surface area contributed by atoms with E-state index in [2.05, 4.69) is 41.0 Å². The second kappa shape index (κ2) is 30.1. The predicted molar refractivity (Wildman–Crippen MR) is 290 cm³/mol. The van der Waals surface area contributed by atoms with E-state index in [0.29, 0.717) is 43.3 Å². The highest BCUT2D eigenvalue weighted by Gasteiger charge is 2.19. The number of fused-ring (bicyclic) bond motifs is 3. The molecule has 5 N–H and O–H groups in total. The molecule has 3 heterocycles. The molecule has 0 atom stereocenters. The summed E-state index contributed by atoms with van der Waals surface area (Å²) in [5.41, 5.74) is 7.94. The Bertz CT molecular complexity index is 3120. The lowest BCUT2D eigenvalue weighted by Gasteiger charge is -2.20. The summed E-state index contributed by atoms with van der Waals surface area (Å²) in [7, 11) is -4.02. The molecule has 0 aliphatic carbocycles. The molecule has 0 bridgehead atoms. The van der Waals surface area contributed by atoms with Gasteiger partial charge in [0.2, 0.25) is 0 Å². The van der Waals surface area contributed by atoms with Crippen molar-refractivity contribution in [3.63, 3.8) is 0 Å². The van der Waals surface area contributed by atoms with Gasteiger partial charge in [0, 0.05) is 24.2 Å². The number of phenolic OH excluding ortho intramolecular Hbond substituents is 1. The Kier molecular flexibility index (Phi) is 24.8. The molecule has 408 valence electrons. The topological polar surface area (TPSA) is 196 Å². The fourth-order valence-corrected chi connectivity index (χ4v) is 9.89. The van der Waals surface area contributed by atoms with Gasteiger partial charge in [0.1, 0.15) is 18.8 Å². The number of hydrogen-bond acceptors (Lipinski definition) is 14. The van der Waals surface area contributed by atoms with Crippen molar-refractivity contribution in [1.29, 1.82) is 0 Å². The van der Waals surface area contributed by atoms with Crippen molar-refractivity contribution in [2.75, 3.05) is 26.3 Å². The van der Waals surface area contributed by atoms with E-state index in [-0.39, 0.29) is 59.6 Å². The first-order valence-electron chi connectivity index (χ1n) is 24.1. The van der Waals surface area contributed by atoms with Gasteiger partial charge >= 0.3 is 6.09 Å². The third kappa shape index (κ3) is 19.7. The van der Waals surface area contributed by atoms with Crippen LogP contribution in [0.1, 0.15) is 101 Å². The third-order valence-corrected chi connectivity index (χ3v) is 14.6. The Morgan fingerprint density at radius 3 is 1.48 bits per heavy atom. The number of aromatic nitrogens is 3. The van der Waals surface area contributed by atoms with Crippen LogP contribution in [0.2, 0.25) is 0 Å². The number of nitrogens with two attached hydrogens (primary N) is 1. The number of carbonyl (C=O) groups is 1. The van der Waals surface area contributed by atoms with Crippen LogP contribution in [0.4, 0.5) is 26.7 Å². The lowest BCUT2D eigenvalue weighted by atomic mass is 10.2. The van der Waals surface area contributed by atoms with Gasteiger partial charge < -0.3 is 30.4 Å². The van der Waals surface area contributed by atoms with E-state index in [4.69, 9.17) is 24.5 Å². The van der Waals surface area contributed by atoms with Crippen LogP contribution in [0.25, 0.3) is 30.6 Å². The highest BCUT2D eigenvalue weighted by Crippen LogP contribution is 2.34. The number of nitrogens with zero attached hydrogens (tertiary/aromatic N) is 3. The summed E-state index contributed by atoms with van der Waals surface area (Å²) >= 11 is 3.99. The smallest absolute Gasteiger partial charge is 0.407 e. The Morgan fingerprint density at radius 2 is 1.09 bits per heavy atom. The van der Waals surface area contributed by atoms with E-state index < -0.39 is 39.3 Å². The largest absolute Gasteiger partial charge is 0.505 e. The van der Waals surface area contributed by atoms with Crippen LogP contribution < -0.4 is 20.5 Å². The molecule has 0 aliphatic rings. The number of alkyl carbamates (subject to hydrolysis) is 1. The quantitative estimate of drug-likeness (QED) is 0.0442. The van der Waals surface area contributed by atoms with E-state index in [1.54, 1.807) is 51.1 Å². The number of aromatic hydroxyl groups is 1. The fraction of sp³-hybridized carbons (Fsp3) is 0.396. The van der Waals surface area contributed by atoms with Crippen LogP contribution in [0.3, 0.4) is 0 Å². The van der Waals surface area contributed by atoms with Gasteiger partial charge in [0.15, 0.2) is 34.7 Å². The Hall–Kier alpha value is -5.78. The van der Waals surface area contributed by atoms with Crippen molar-refractivity contribution in [1.82, 2.24) is 20.3 Å². The maximum absolute atomic E-state index is 14.7. The van der Waals surface area contributed by atoms with Gasteiger partial charge in [-0.1, -0.05) is 57.7 Å². The van der Waals surface area contributed by atoms with Gasteiger partial charge in [-0.2, -0.15) is 8.42 Å². The highest BCUT2D eigenvalue weighted by molar-refractivity contribution is 7.85. The molecule has 0 unspecified atom stereocenters. The monoisotopic (exact) mass is 1120 g/mol. The first-order valence-corrected chi connectivity index (χ1v) is 28.0. The van der Waals surface area contributed by atoms with Crippen molar-refractivity contribution in [3.8, 4) is 17.2 Å². The van der Waals surface area contributed by atoms with Crippen LogP contribution in [0, 0.1) is 24.4 Å². The number of nitrogens with one attached hydrogen (secondary N) is 1. The van der Waals surface area contributed by atoms with Gasteiger partial charge in [-0.05, 0) is 115 Å². The standard InChI is InChI=1S/C20H26F2N2O3S.C15H18F2N2OS.C11H12FNOS.C7H8O3S/c1-5-6-7-16-24-14-8-9-15(17(22)18(14)28-16)26-12-13(10-21)11-23-19(25)27-20(2,3)4;1-2-3-4-13-19-11-5-6-12(14(17)15(11)21-13)20-9-10(7-16)8-18;1-2-3-4-9-13-7-5-6-8(14)10(12)11(7)15-9;1-6-2-4-7(5-3-6)11(8,9)10/h8-10H,5-7,11-12H2,1-4H3,(H,23,25);5-7H,2-4,8-9,18H2,1H3;5-6,14H,2-4H2,1H3;2-5H,1H3,(H,8,9,10)/b13-10-;10-7-;;. The number of amides is 1. The molecule has 0 spiro atoms. The summed E-state index contributed by atoms with van der Waals surface area (Å²) in [5.74, 6) is -1.67. The zero-order chi connectivity index (χ0) is 55.3. The summed E-state index contributed by atoms with van der Waals surface area (Å²) in [4.78, 5) is 24.7. The van der Waals surface area contributed by atoms with E-state index in [9.17, 15) is 40.3 Å². The number of phenols is 1. The molecule has 75 heavy (non-hydrogen) atoms. The first-order chi connectivity index (χ1) is 35.6. The van der Waals surface area contributed by atoms with Gasteiger partial charge in [0.05, 0.1) is 63.2 Å². The van der Waals surface area contributed by atoms with Crippen LogP contribution in [0.5, 0.6) is 17.2 Å². The average Bonchev–Trinajstić information content (AvgIpc) is 4.12. The zero-order valence-electron chi connectivity index (χ0n) is 42.9. The lowest BCUT2D eigenvalue weighted by Crippen LogP contribution is -2.34. The average molecular weight is 1120 g/mol. The summed E-state index contributed by atoms with van der Waals surface area (Å²) < 4.78 is 115. The Morgan fingerprint density at radius 1 is 0.680 bits per heavy atom. The molecular weight excluding hydrogens is 1060 g/mol. The number of hydrogen-bond donors (Lipinski definition) is 4. The number of thiazole rings is 3. The van der Waals surface area contributed by atoms with Crippen LogP contribution in [0.15, 0.2) is 89.4 Å². The Labute approximate surface area is 446 Å². The lowest BCUT2D eigenvalue weighted by molar-refractivity contribution is 0.0531. The molecule has 4 aromatic carbocycles. The first kappa shape index (κ1) is 61.8. The maximum atomic E-state index is 14.7. The molecule has 0 aliphatic heterocycles. The number of rotatable bonds is 19. The SMILES string of the molecule is CCCCc1nc2ccc(O)c(F)c2s1.CCCCc1nc2ccc(OC/C(=C\F)CN)c(F)c2s1.CCCCc1nc2ccc(OC/C(=C\F)CNC(=O)OC(C)(C)C)c(F)c2s1.Cc1ccc(S(=O)(=O)O)cc1. The zero-order valence-corrected chi connectivity index (χ0v) is 46.2. The minimum absolute atomic E-state index is 0.0230. The van der Waals surface area contributed by atoms with E-state index >= 15 is 0 Å². The number of benzene rings is 4. The number of ether oxygens (including phenoxy) is 3. The molecular formula is C53H64F5N5O8S4. The highest BCUT2D eigenvalue weighted by atomic mass is 32.2. The van der Waals surface area contributed by atoms with Crippen molar-refractivity contribution < 1.29 is 59.0 Å². The van der Waals surface area contributed by atoms with Gasteiger partial charge in [0.25, 0.3) is 10.1 Å². The molecule has 0 radical (unpaired) electrons. The molecule has 7 aromatic rings. The second-order valence-corrected chi connectivity index (χ2v) is 22.5. The van der Waals surface area contributed by atoms with Crippen molar-refractivity contribution >= 4 is 80.9 Å².